The molecule has 128 valence electrons. The molecule has 2 aromatic carbocycles. The lowest BCUT2D eigenvalue weighted by Gasteiger charge is -2.27. The van der Waals surface area contributed by atoms with E-state index in [0.29, 0.717) is 6.42 Å². The molecule has 2 rings (SSSR count). The fraction of sp³-hybridized carbons (Fsp3) is 0.350. The summed E-state index contributed by atoms with van der Waals surface area (Å²) in [5, 5.41) is 13.2. The number of aliphatic hydroxyl groups is 1. The van der Waals surface area contributed by atoms with Gasteiger partial charge >= 0.3 is 0 Å². The van der Waals surface area contributed by atoms with Gasteiger partial charge in [-0.1, -0.05) is 42.5 Å². The van der Waals surface area contributed by atoms with Crippen LogP contribution < -0.4 is 5.32 Å². The minimum absolute atomic E-state index is 0.151. The van der Waals surface area contributed by atoms with E-state index in [1.807, 2.05) is 37.3 Å². The Morgan fingerprint density at radius 2 is 1.71 bits per heavy atom. The highest BCUT2D eigenvalue weighted by Gasteiger charge is 2.30. The van der Waals surface area contributed by atoms with E-state index in [0.717, 1.165) is 11.1 Å². The Morgan fingerprint density at radius 1 is 1.12 bits per heavy atom. The quantitative estimate of drug-likeness (QED) is 0.848. The zero-order valence-corrected chi connectivity index (χ0v) is 14.3. The van der Waals surface area contributed by atoms with Gasteiger partial charge in [0.25, 0.3) is 0 Å². The van der Waals surface area contributed by atoms with E-state index < -0.39 is 11.5 Å². The van der Waals surface area contributed by atoms with E-state index >= 15 is 0 Å². The summed E-state index contributed by atoms with van der Waals surface area (Å²) in [7, 11) is 0. The Labute approximate surface area is 142 Å². The van der Waals surface area contributed by atoms with E-state index in [1.54, 1.807) is 26.0 Å². The fourth-order valence-electron chi connectivity index (χ4n) is 2.61. The van der Waals surface area contributed by atoms with Crippen LogP contribution in [0.4, 0.5) is 4.39 Å². The van der Waals surface area contributed by atoms with Crippen LogP contribution in [0.5, 0.6) is 0 Å². The van der Waals surface area contributed by atoms with Crippen LogP contribution in [0, 0.1) is 5.82 Å². The van der Waals surface area contributed by atoms with Crippen molar-refractivity contribution in [3.8, 4) is 0 Å². The average molecular weight is 329 g/mol. The molecule has 2 N–H and O–H groups in total. The third kappa shape index (κ3) is 4.42. The van der Waals surface area contributed by atoms with Gasteiger partial charge in [-0.25, -0.2) is 4.39 Å². The zero-order chi connectivity index (χ0) is 17.7. The maximum absolute atomic E-state index is 13.1. The van der Waals surface area contributed by atoms with Crippen molar-refractivity contribution in [1.29, 1.82) is 0 Å². The van der Waals surface area contributed by atoms with Crippen LogP contribution in [0.15, 0.2) is 54.6 Å². The number of benzene rings is 2. The molecule has 0 spiro atoms. The summed E-state index contributed by atoms with van der Waals surface area (Å²) in [5.41, 5.74) is 0.799. The van der Waals surface area contributed by atoms with Crippen LogP contribution in [0.1, 0.15) is 44.4 Å². The first-order valence-electron chi connectivity index (χ1n) is 8.10. The summed E-state index contributed by atoms with van der Waals surface area (Å²) >= 11 is 0. The largest absolute Gasteiger partial charge is 0.388 e. The Morgan fingerprint density at radius 3 is 2.29 bits per heavy atom. The summed E-state index contributed by atoms with van der Waals surface area (Å²) in [6, 6.07) is 15.1. The van der Waals surface area contributed by atoms with Crippen molar-refractivity contribution in [2.24, 2.45) is 0 Å². The van der Waals surface area contributed by atoms with E-state index in [-0.39, 0.29) is 17.8 Å². The minimum Gasteiger partial charge on any atom is -0.388 e. The molecule has 0 aliphatic rings. The summed E-state index contributed by atoms with van der Waals surface area (Å²) in [6.45, 7) is 5.47. The van der Waals surface area contributed by atoms with Crippen molar-refractivity contribution in [1.82, 2.24) is 5.32 Å². The summed E-state index contributed by atoms with van der Waals surface area (Å²) < 4.78 is 13.1. The Bertz CT molecular complexity index is 668. The van der Waals surface area contributed by atoms with Crippen LogP contribution in [0.25, 0.3) is 0 Å². The molecule has 0 saturated carbocycles. The molecule has 2 unspecified atom stereocenters. The molecule has 3 nitrogen and oxygen atoms in total. The van der Waals surface area contributed by atoms with Crippen molar-refractivity contribution in [3.63, 3.8) is 0 Å². The summed E-state index contributed by atoms with van der Waals surface area (Å²) in [4.78, 5) is 12.6. The van der Waals surface area contributed by atoms with Gasteiger partial charge < -0.3 is 10.4 Å². The van der Waals surface area contributed by atoms with Gasteiger partial charge in [0.2, 0.25) is 5.91 Å². The van der Waals surface area contributed by atoms with Gasteiger partial charge in [0, 0.05) is 6.04 Å². The molecule has 0 fully saturated rings. The van der Waals surface area contributed by atoms with Crippen molar-refractivity contribution >= 4 is 5.91 Å². The maximum Gasteiger partial charge on any atom is 0.230 e. The molecule has 24 heavy (non-hydrogen) atoms. The predicted molar refractivity (Wildman–Crippen MR) is 93.0 cm³/mol. The molecular formula is C20H24FNO2. The summed E-state index contributed by atoms with van der Waals surface area (Å²) in [5.74, 6) is -0.476. The normalized spacial score (nSPS) is 14.0. The number of hydrogen-bond donors (Lipinski definition) is 2. The van der Waals surface area contributed by atoms with Crippen LogP contribution in [0.2, 0.25) is 0 Å². The van der Waals surface area contributed by atoms with Crippen LogP contribution in [0.3, 0.4) is 0 Å². The molecule has 0 aliphatic carbocycles. The van der Waals surface area contributed by atoms with Crippen molar-refractivity contribution < 1.29 is 14.3 Å². The van der Waals surface area contributed by atoms with Gasteiger partial charge in [0.15, 0.2) is 0 Å². The molecule has 0 heterocycles. The highest BCUT2D eigenvalue weighted by Crippen LogP contribution is 2.25. The Balaban J connectivity index is 1.98. The molecule has 0 bridgehead atoms. The number of aliphatic hydroxyl groups excluding tert-OH is 1. The number of halogens is 1. The van der Waals surface area contributed by atoms with Gasteiger partial charge in [-0.05, 0) is 50.5 Å². The molecule has 4 heteroatoms. The first-order valence-corrected chi connectivity index (χ1v) is 8.10. The van der Waals surface area contributed by atoms with Gasteiger partial charge in [0.1, 0.15) is 5.82 Å². The number of nitrogens with one attached hydrogen (secondary N) is 1. The van der Waals surface area contributed by atoms with E-state index in [4.69, 9.17) is 0 Å². The topological polar surface area (TPSA) is 49.3 Å². The second-order valence-electron chi connectivity index (χ2n) is 6.67. The van der Waals surface area contributed by atoms with Crippen LogP contribution in [-0.2, 0) is 10.2 Å². The molecule has 1 amide bonds. The molecule has 2 aromatic rings. The van der Waals surface area contributed by atoms with Crippen molar-refractivity contribution in [2.75, 3.05) is 0 Å². The number of carbonyl (C=O) groups excluding carboxylic acids is 1. The lowest BCUT2D eigenvalue weighted by atomic mass is 9.83. The molecule has 0 aromatic heterocycles. The third-order valence-electron chi connectivity index (χ3n) is 4.27. The van der Waals surface area contributed by atoms with E-state index in [9.17, 15) is 14.3 Å². The van der Waals surface area contributed by atoms with Gasteiger partial charge in [-0.3, -0.25) is 4.79 Å². The lowest BCUT2D eigenvalue weighted by Crippen LogP contribution is -2.44. The zero-order valence-electron chi connectivity index (χ0n) is 14.3. The first kappa shape index (κ1) is 18.1. The second-order valence-corrected chi connectivity index (χ2v) is 6.67. The summed E-state index contributed by atoms with van der Waals surface area (Å²) in [6.07, 6.45) is -0.203. The predicted octanol–water partition coefficient (Wildman–Crippen LogP) is 3.73. The highest BCUT2D eigenvalue weighted by atomic mass is 19.1. The fourth-order valence-corrected chi connectivity index (χ4v) is 2.61. The minimum atomic E-state index is -0.778. The van der Waals surface area contributed by atoms with E-state index in [2.05, 4.69) is 5.32 Å². The van der Waals surface area contributed by atoms with E-state index in [1.165, 1.54) is 12.1 Å². The average Bonchev–Trinajstić information content (AvgIpc) is 2.55. The highest BCUT2D eigenvalue weighted by molar-refractivity contribution is 5.87. The molecule has 0 aliphatic heterocycles. The van der Waals surface area contributed by atoms with Crippen molar-refractivity contribution in [2.45, 2.75) is 44.8 Å². The van der Waals surface area contributed by atoms with Gasteiger partial charge in [-0.15, -0.1) is 0 Å². The van der Waals surface area contributed by atoms with Crippen LogP contribution in [-0.4, -0.2) is 17.1 Å². The van der Waals surface area contributed by atoms with Gasteiger partial charge in [-0.2, -0.15) is 0 Å². The molecular weight excluding hydrogens is 305 g/mol. The number of hydrogen-bond acceptors (Lipinski definition) is 2. The maximum atomic E-state index is 13.1. The lowest BCUT2D eigenvalue weighted by molar-refractivity contribution is -0.126. The van der Waals surface area contributed by atoms with Crippen molar-refractivity contribution in [3.05, 3.63) is 71.5 Å². The standard InChI is InChI=1S/C20H24FNO2/c1-14(13-18(23)15-7-5-4-6-8-15)22-19(24)20(2,3)16-9-11-17(21)12-10-16/h4-12,14,18,23H,13H2,1-3H3,(H,22,24). The van der Waals surface area contributed by atoms with Crippen LogP contribution >= 0.6 is 0 Å². The number of amides is 1. The Hall–Kier alpha value is -2.20. The molecule has 0 radical (unpaired) electrons. The first-order chi connectivity index (χ1) is 11.3. The number of carbonyl (C=O) groups is 1. The molecule has 0 saturated heterocycles. The SMILES string of the molecule is CC(CC(O)c1ccccc1)NC(=O)C(C)(C)c1ccc(F)cc1. The second kappa shape index (κ2) is 7.58. The monoisotopic (exact) mass is 329 g/mol. The Kier molecular flexibility index (Phi) is 5.73. The third-order valence-corrected chi connectivity index (χ3v) is 4.27. The van der Waals surface area contributed by atoms with Gasteiger partial charge in [0.05, 0.1) is 11.5 Å². The molecule has 2 atom stereocenters. The smallest absolute Gasteiger partial charge is 0.230 e. The number of rotatable bonds is 6.